The standard InChI is InChI=1S/C11H9NO4/c1-2-16-11(15)8-4-3-7(6-13)10(14)9(8)5-12/h3-4,6,14H,2H2,1H3. The van der Waals surface area contributed by atoms with Crippen LogP contribution < -0.4 is 0 Å². The Labute approximate surface area is 91.9 Å². The summed E-state index contributed by atoms with van der Waals surface area (Å²) in [6, 6.07) is 4.21. The molecule has 16 heavy (non-hydrogen) atoms. The zero-order chi connectivity index (χ0) is 12.1. The lowest BCUT2D eigenvalue weighted by Crippen LogP contribution is -2.07. The second kappa shape index (κ2) is 4.94. The third-order valence-corrected chi connectivity index (χ3v) is 1.94. The molecule has 0 unspecified atom stereocenters. The quantitative estimate of drug-likeness (QED) is 0.610. The molecule has 1 aromatic rings. The lowest BCUT2D eigenvalue weighted by molar-refractivity contribution is 0.0525. The molecule has 0 atom stereocenters. The van der Waals surface area contributed by atoms with Crippen LogP contribution in [0.25, 0.3) is 0 Å². The Morgan fingerprint density at radius 1 is 1.62 bits per heavy atom. The Hall–Kier alpha value is -2.35. The number of rotatable bonds is 3. The van der Waals surface area contributed by atoms with Crippen LogP contribution in [0.1, 0.15) is 33.2 Å². The van der Waals surface area contributed by atoms with Crippen LogP contribution in [0, 0.1) is 11.3 Å². The highest BCUT2D eigenvalue weighted by atomic mass is 16.5. The number of carbonyl (C=O) groups excluding carboxylic acids is 2. The molecule has 0 saturated heterocycles. The number of aromatic hydroxyl groups is 1. The highest BCUT2D eigenvalue weighted by Gasteiger charge is 2.18. The van der Waals surface area contributed by atoms with Gasteiger partial charge in [0, 0.05) is 0 Å². The number of phenols is 1. The molecule has 0 bridgehead atoms. The normalized spacial score (nSPS) is 9.25. The number of phenolic OH excluding ortho intramolecular Hbond substituents is 1. The van der Waals surface area contributed by atoms with Gasteiger partial charge < -0.3 is 9.84 Å². The summed E-state index contributed by atoms with van der Waals surface area (Å²) in [6.07, 6.45) is 0.408. The zero-order valence-electron chi connectivity index (χ0n) is 8.56. The number of ether oxygens (including phenoxy) is 1. The van der Waals surface area contributed by atoms with Crippen LogP contribution in [0.15, 0.2) is 12.1 Å². The van der Waals surface area contributed by atoms with Crippen molar-refractivity contribution in [2.24, 2.45) is 0 Å². The van der Waals surface area contributed by atoms with E-state index in [1.807, 2.05) is 0 Å². The molecule has 0 aliphatic rings. The minimum Gasteiger partial charge on any atom is -0.506 e. The summed E-state index contributed by atoms with van der Waals surface area (Å²) >= 11 is 0. The molecule has 82 valence electrons. The first-order valence-electron chi connectivity index (χ1n) is 4.54. The van der Waals surface area contributed by atoms with E-state index in [0.29, 0.717) is 6.29 Å². The van der Waals surface area contributed by atoms with Crippen LogP contribution >= 0.6 is 0 Å². The molecule has 0 aromatic heterocycles. The third-order valence-electron chi connectivity index (χ3n) is 1.94. The number of esters is 1. The molecular weight excluding hydrogens is 210 g/mol. The number of nitriles is 1. The maximum Gasteiger partial charge on any atom is 0.339 e. The molecule has 1 rings (SSSR count). The van der Waals surface area contributed by atoms with Gasteiger partial charge in [-0.15, -0.1) is 0 Å². The summed E-state index contributed by atoms with van der Waals surface area (Å²) in [5, 5.41) is 18.3. The van der Waals surface area contributed by atoms with Gasteiger partial charge >= 0.3 is 5.97 Å². The van der Waals surface area contributed by atoms with Crippen LogP contribution in [0.2, 0.25) is 0 Å². The number of benzene rings is 1. The minimum absolute atomic E-state index is 0.0374. The molecular formula is C11H9NO4. The van der Waals surface area contributed by atoms with E-state index in [-0.39, 0.29) is 23.3 Å². The second-order valence-corrected chi connectivity index (χ2v) is 2.88. The Morgan fingerprint density at radius 3 is 2.81 bits per heavy atom. The molecule has 0 amide bonds. The van der Waals surface area contributed by atoms with E-state index in [2.05, 4.69) is 0 Å². The molecule has 5 heteroatoms. The predicted molar refractivity (Wildman–Crippen MR) is 54.2 cm³/mol. The van der Waals surface area contributed by atoms with E-state index in [1.165, 1.54) is 12.1 Å². The van der Waals surface area contributed by atoms with Gasteiger partial charge in [-0.1, -0.05) is 0 Å². The first-order valence-corrected chi connectivity index (χ1v) is 4.54. The summed E-state index contributed by atoms with van der Waals surface area (Å²) in [5.74, 6) is -1.20. The van der Waals surface area contributed by atoms with E-state index < -0.39 is 11.7 Å². The number of carbonyl (C=O) groups is 2. The number of hydrogen-bond acceptors (Lipinski definition) is 5. The van der Waals surface area contributed by atoms with Crippen LogP contribution in [0.5, 0.6) is 5.75 Å². The van der Waals surface area contributed by atoms with Crippen molar-refractivity contribution in [1.82, 2.24) is 0 Å². The van der Waals surface area contributed by atoms with E-state index in [0.717, 1.165) is 0 Å². The largest absolute Gasteiger partial charge is 0.506 e. The fourth-order valence-corrected chi connectivity index (χ4v) is 1.19. The molecule has 0 saturated carbocycles. The van der Waals surface area contributed by atoms with Gasteiger partial charge in [-0.05, 0) is 19.1 Å². The lowest BCUT2D eigenvalue weighted by Gasteiger charge is -2.06. The Bertz CT molecular complexity index is 474. The first kappa shape index (κ1) is 11.7. The molecule has 0 fully saturated rings. The highest BCUT2D eigenvalue weighted by Crippen LogP contribution is 2.24. The average molecular weight is 219 g/mol. The molecule has 0 radical (unpaired) electrons. The highest BCUT2D eigenvalue weighted by molar-refractivity contribution is 5.95. The summed E-state index contributed by atoms with van der Waals surface area (Å²) in [7, 11) is 0. The SMILES string of the molecule is CCOC(=O)c1ccc(C=O)c(O)c1C#N. The maximum absolute atomic E-state index is 11.4. The van der Waals surface area contributed by atoms with Crippen LogP contribution in [-0.4, -0.2) is 24.0 Å². The van der Waals surface area contributed by atoms with Crippen molar-refractivity contribution in [3.8, 4) is 11.8 Å². The molecule has 0 spiro atoms. The summed E-state index contributed by atoms with van der Waals surface area (Å²) in [5.41, 5.74) is -0.333. The molecule has 0 aliphatic carbocycles. The van der Waals surface area contributed by atoms with E-state index >= 15 is 0 Å². The summed E-state index contributed by atoms with van der Waals surface area (Å²) < 4.78 is 4.71. The van der Waals surface area contributed by atoms with Crippen molar-refractivity contribution in [3.63, 3.8) is 0 Å². The fraction of sp³-hybridized carbons (Fsp3) is 0.182. The number of aldehydes is 1. The average Bonchev–Trinajstić information content (AvgIpc) is 2.28. The van der Waals surface area contributed by atoms with Gasteiger partial charge in [-0.2, -0.15) is 5.26 Å². The smallest absolute Gasteiger partial charge is 0.339 e. The monoisotopic (exact) mass is 219 g/mol. The molecule has 5 nitrogen and oxygen atoms in total. The van der Waals surface area contributed by atoms with Gasteiger partial charge in [0.2, 0.25) is 0 Å². The molecule has 1 N–H and O–H groups in total. The van der Waals surface area contributed by atoms with Gasteiger partial charge in [0.15, 0.2) is 6.29 Å². The van der Waals surface area contributed by atoms with Crippen LogP contribution in [0.3, 0.4) is 0 Å². The van der Waals surface area contributed by atoms with Crippen molar-refractivity contribution in [2.45, 2.75) is 6.92 Å². The van der Waals surface area contributed by atoms with Gasteiger partial charge in [0.1, 0.15) is 17.4 Å². The fourth-order valence-electron chi connectivity index (χ4n) is 1.19. The van der Waals surface area contributed by atoms with E-state index in [4.69, 9.17) is 10.00 Å². The summed E-state index contributed by atoms with van der Waals surface area (Å²) in [4.78, 5) is 21.9. The topological polar surface area (TPSA) is 87.4 Å². The number of nitrogens with zero attached hydrogens (tertiary/aromatic N) is 1. The van der Waals surface area contributed by atoms with Gasteiger partial charge in [0.25, 0.3) is 0 Å². The Kier molecular flexibility index (Phi) is 3.62. The van der Waals surface area contributed by atoms with Crippen molar-refractivity contribution < 1.29 is 19.4 Å². The van der Waals surface area contributed by atoms with Gasteiger partial charge in [-0.3, -0.25) is 4.79 Å². The van der Waals surface area contributed by atoms with E-state index in [1.54, 1.807) is 13.0 Å². The van der Waals surface area contributed by atoms with Crippen LogP contribution in [0.4, 0.5) is 0 Å². The van der Waals surface area contributed by atoms with Crippen molar-refractivity contribution >= 4 is 12.3 Å². The third kappa shape index (κ3) is 2.01. The molecule has 1 aromatic carbocycles. The van der Waals surface area contributed by atoms with Crippen molar-refractivity contribution in [3.05, 3.63) is 28.8 Å². The first-order chi connectivity index (χ1) is 7.65. The van der Waals surface area contributed by atoms with Crippen LogP contribution in [-0.2, 0) is 4.74 Å². The Balaban J connectivity index is 3.32. The van der Waals surface area contributed by atoms with Crippen molar-refractivity contribution in [2.75, 3.05) is 6.61 Å². The predicted octanol–water partition coefficient (Wildman–Crippen LogP) is 1.25. The van der Waals surface area contributed by atoms with E-state index in [9.17, 15) is 14.7 Å². The zero-order valence-corrected chi connectivity index (χ0v) is 8.56. The van der Waals surface area contributed by atoms with Gasteiger partial charge in [0.05, 0.1) is 17.7 Å². The molecule has 0 aliphatic heterocycles. The van der Waals surface area contributed by atoms with Gasteiger partial charge in [-0.25, -0.2) is 4.79 Å². The molecule has 0 heterocycles. The minimum atomic E-state index is -0.702. The van der Waals surface area contributed by atoms with Crippen molar-refractivity contribution in [1.29, 1.82) is 5.26 Å². The Morgan fingerprint density at radius 2 is 2.31 bits per heavy atom. The second-order valence-electron chi connectivity index (χ2n) is 2.88. The number of hydrogen-bond donors (Lipinski definition) is 1. The summed E-state index contributed by atoms with van der Waals surface area (Å²) in [6.45, 7) is 1.80. The maximum atomic E-state index is 11.4. The lowest BCUT2D eigenvalue weighted by atomic mass is 10.0.